The summed E-state index contributed by atoms with van der Waals surface area (Å²) >= 11 is 5.19. The van der Waals surface area contributed by atoms with Gasteiger partial charge in [0.2, 0.25) is 5.91 Å². The summed E-state index contributed by atoms with van der Waals surface area (Å²) in [5.41, 5.74) is 9.99. The molecule has 124 valence electrons. The Morgan fingerprint density at radius 3 is 2.17 bits per heavy atom. The Labute approximate surface area is 147 Å². The second-order valence-corrected chi connectivity index (χ2v) is 6.70. The van der Waals surface area contributed by atoms with Crippen LogP contribution < -0.4 is 16.2 Å². The molecule has 4 nitrogen and oxygen atoms in total. The predicted octanol–water partition coefficient (Wildman–Crippen LogP) is 3.42. The molecule has 0 aliphatic heterocycles. The van der Waals surface area contributed by atoms with Crippen LogP contribution in [0.25, 0.3) is 0 Å². The molecule has 2 aromatic rings. The molecule has 0 unspecified atom stereocenters. The number of carbonyl (C=O) groups excluding carboxylic acids is 1. The summed E-state index contributed by atoms with van der Waals surface area (Å²) in [6.45, 7) is 4.09. The molecule has 1 fully saturated rings. The van der Waals surface area contributed by atoms with E-state index in [2.05, 4.69) is 47.4 Å². The average molecular weight is 339 g/mol. The number of rotatable bonds is 3. The third kappa shape index (κ3) is 4.11. The molecular formula is C19H21N3OS. The van der Waals surface area contributed by atoms with Crippen LogP contribution in [-0.4, -0.2) is 11.0 Å². The first kappa shape index (κ1) is 16.5. The zero-order valence-electron chi connectivity index (χ0n) is 13.8. The van der Waals surface area contributed by atoms with Crippen LogP contribution in [0, 0.1) is 19.8 Å². The molecule has 0 radical (unpaired) electrons. The smallest absolute Gasteiger partial charge is 0.242 e. The summed E-state index contributed by atoms with van der Waals surface area (Å²) in [7, 11) is 0. The van der Waals surface area contributed by atoms with Crippen LogP contribution in [0.5, 0.6) is 0 Å². The van der Waals surface area contributed by atoms with Gasteiger partial charge in [-0.3, -0.25) is 15.6 Å². The Morgan fingerprint density at radius 1 is 0.958 bits per heavy atom. The third-order valence-corrected chi connectivity index (χ3v) is 4.45. The van der Waals surface area contributed by atoms with Crippen LogP contribution in [0.15, 0.2) is 48.5 Å². The number of benzene rings is 2. The molecule has 2 atom stereocenters. The number of nitrogens with one attached hydrogen (secondary N) is 3. The number of carbonyl (C=O) groups is 1. The fourth-order valence-corrected chi connectivity index (χ4v) is 2.85. The first-order chi connectivity index (χ1) is 11.5. The number of hydrazine groups is 1. The van der Waals surface area contributed by atoms with Gasteiger partial charge < -0.3 is 5.32 Å². The summed E-state index contributed by atoms with van der Waals surface area (Å²) in [4.78, 5) is 12.2. The molecule has 0 heterocycles. The Hall–Kier alpha value is -2.40. The Kier molecular flexibility index (Phi) is 4.81. The number of hydrogen-bond acceptors (Lipinski definition) is 2. The minimum atomic E-state index is -0.0198. The van der Waals surface area contributed by atoms with Gasteiger partial charge in [0.1, 0.15) is 0 Å². The molecule has 3 rings (SSSR count). The molecule has 1 aliphatic rings. The highest BCUT2D eigenvalue weighted by Gasteiger charge is 2.43. The maximum atomic E-state index is 12.2. The first-order valence-corrected chi connectivity index (χ1v) is 8.44. The van der Waals surface area contributed by atoms with E-state index < -0.39 is 0 Å². The lowest BCUT2D eigenvalue weighted by Gasteiger charge is -2.11. The molecule has 5 heteroatoms. The van der Waals surface area contributed by atoms with Crippen LogP contribution in [0.2, 0.25) is 0 Å². The van der Waals surface area contributed by atoms with E-state index in [-0.39, 0.29) is 11.8 Å². The summed E-state index contributed by atoms with van der Waals surface area (Å²) in [5, 5.41) is 3.41. The lowest BCUT2D eigenvalue weighted by Crippen LogP contribution is -2.44. The molecule has 1 saturated carbocycles. The quantitative estimate of drug-likeness (QED) is 0.592. The van der Waals surface area contributed by atoms with Gasteiger partial charge >= 0.3 is 0 Å². The van der Waals surface area contributed by atoms with E-state index in [1.165, 1.54) is 16.7 Å². The van der Waals surface area contributed by atoms with Gasteiger partial charge in [-0.1, -0.05) is 47.5 Å². The lowest BCUT2D eigenvalue weighted by atomic mass is 10.1. The average Bonchev–Trinajstić information content (AvgIpc) is 3.36. The van der Waals surface area contributed by atoms with Crippen molar-refractivity contribution in [3.63, 3.8) is 0 Å². The van der Waals surface area contributed by atoms with E-state index >= 15 is 0 Å². The highest BCUT2D eigenvalue weighted by molar-refractivity contribution is 7.80. The third-order valence-electron chi connectivity index (χ3n) is 4.24. The Balaban J connectivity index is 1.45. The normalized spacial score (nSPS) is 18.6. The maximum absolute atomic E-state index is 12.2. The van der Waals surface area contributed by atoms with Crippen molar-refractivity contribution in [2.45, 2.75) is 26.2 Å². The summed E-state index contributed by atoms with van der Waals surface area (Å²) in [6, 6.07) is 16.3. The molecule has 1 amide bonds. The molecular weight excluding hydrogens is 318 g/mol. The second kappa shape index (κ2) is 7.01. The van der Waals surface area contributed by atoms with Crippen molar-refractivity contribution in [3.8, 4) is 0 Å². The monoisotopic (exact) mass is 339 g/mol. The summed E-state index contributed by atoms with van der Waals surface area (Å²) in [5.74, 6) is 0.307. The van der Waals surface area contributed by atoms with E-state index in [9.17, 15) is 4.79 Å². The van der Waals surface area contributed by atoms with Crippen molar-refractivity contribution < 1.29 is 4.79 Å². The van der Waals surface area contributed by atoms with Crippen LogP contribution in [0.1, 0.15) is 29.0 Å². The molecule has 3 N–H and O–H groups in total. The topological polar surface area (TPSA) is 53.2 Å². The molecule has 1 aliphatic carbocycles. The number of thiocarbonyl (C=S) groups is 1. The van der Waals surface area contributed by atoms with Crippen LogP contribution in [0.4, 0.5) is 5.69 Å². The SMILES string of the molecule is Cc1ccc(NC(=S)NNC(=O)[C@H]2C[C@@H]2c2ccc(C)cc2)cc1. The van der Waals surface area contributed by atoms with Gasteiger partial charge in [-0.25, -0.2) is 0 Å². The second-order valence-electron chi connectivity index (χ2n) is 6.29. The zero-order chi connectivity index (χ0) is 17.1. The van der Waals surface area contributed by atoms with E-state index in [4.69, 9.17) is 12.2 Å². The minimum Gasteiger partial charge on any atom is -0.331 e. The van der Waals surface area contributed by atoms with Gasteiger partial charge in [-0.05, 0) is 56.1 Å². The molecule has 0 bridgehead atoms. The van der Waals surface area contributed by atoms with Crippen molar-refractivity contribution in [2.24, 2.45) is 5.92 Å². The zero-order valence-corrected chi connectivity index (χ0v) is 14.6. The fourth-order valence-electron chi connectivity index (χ4n) is 2.68. The van der Waals surface area contributed by atoms with Gasteiger partial charge in [-0.2, -0.15) is 0 Å². The lowest BCUT2D eigenvalue weighted by molar-refractivity contribution is -0.122. The van der Waals surface area contributed by atoms with E-state index in [0.29, 0.717) is 11.0 Å². The van der Waals surface area contributed by atoms with Crippen LogP contribution in [-0.2, 0) is 4.79 Å². The minimum absolute atomic E-state index is 0.0161. The van der Waals surface area contributed by atoms with Gasteiger partial charge in [0.15, 0.2) is 5.11 Å². The fraction of sp³-hybridized carbons (Fsp3) is 0.263. The van der Waals surface area contributed by atoms with Crippen molar-refractivity contribution >= 4 is 28.9 Å². The van der Waals surface area contributed by atoms with Gasteiger partial charge in [0, 0.05) is 11.6 Å². The number of amides is 1. The molecule has 2 aromatic carbocycles. The van der Waals surface area contributed by atoms with E-state index in [0.717, 1.165) is 12.1 Å². The standard InChI is InChI=1S/C19H21N3OS/c1-12-3-7-14(8-4-12)16-11-17(16)18(23)21-22-19(24)20-15-9-5-13(2)6-10-15/h3-10,16-17H,11H2,1-2H3,(H,21,23)(H2,20,22,24)/t16-,17+/m1/s1. The molecule has 0 saturated heterocycles. The predicted molar refractivity (Wildman–Crippen MR) is 101 cm³/mol. The van der Waals surface area contributed by atoms with Crippen molar-refractivity contribution in [3.05, 3.63) is 65.2 Å². The number of hydrogen-bond donors (Lipinski definition) is 3. The highest BCUT2D eigenvalue weighted by atomic mass is 32.1. The molecule has 0 spiro atoms. The summed E-state index contributed by atoms with van der Waals surface area (Å²) < 4.78 is 0. The van der Waals surface area contributed by atoms with E-state index in [1.54, 1.807) is 0 Å². The van der Waals surface area contributed by atoms with Crippen molar-refractivity contribution in [1.29, 1.82) is 0 Å². The Morgan fingerprint density at radius 2 is 1.54 bits per heavy atom. The Bertz CT molecular complexity index is 740. The molecule has 24 heavy (non-hydrogen) atoms. The van der Waals surface area contributed by atoms with Crippen LogP contribution in [0.3, 0.4) is 0 Å². The highest BCUT2D eigenvalue weighted by Crippen LogP contribution is 2.47. The van der Waals surface area contributed by atoms with Gasteiger partial charge in [0.25, 0.3) is 0 Å². The maximum Gasteiger partial charge on any atom is 0.242 e. The van der Waals surface area contributed by atoms with Gasteiger partial charge in [-0.15, -0.1) is 0 Å². The largest absolute Gasteiger partial charge is 0.331 e. The van der Waals surface area contributed by atoms with Crippen LogP contribution >= 0.6 is 12.2 Å². The summed E-state index contributed by atoms with van der Waals surface area (Å²) in [6.07, 6.45) is 0.884. The molecule has 0 aromatic heterocycles. The van der Waals surface area contributed by atoms with Gasteiger partial charge in [0.05, 0.1) is 0 Å². The number of anilines is 1. The van der Waals surface area contributed by atoms with Crippen molar-refractivity contribution in [2.75, 3.05) is 5.32 Å². The first-order valence-electron chi connectivity index (χ1n) is 8.03. The number of aryl methyl sites for hydroxylation is 2. The van der Waals surface area contributed by atoms with E-state index in [1.807, 2.05) is 31.2 Å². The van der Waals surface area contributed by atoms with Crippen molar-refractivity contribution in [1.82, 2.24) is 10.9 Å².